The van der Waals surface area contributed by atoms with Crippen molar-refractivity contribution in [3.8, 4) is 5.75 Å². The second-order valence-electron chi connectivity index (χ2n) is 9.23. The highest BCUT2D eigenvalue weighted by atomic mass is 35.5. The molecule has 12 heteroatoms. The van der Waals surface area contributed by atoms with Gasteiger partial charge in [0.2, 0.25) is 5.91 Å². The number of hydrogen-bond donors (Lipinski definition) is 1. The fourth-order valence-electron chi connectivity index (χ4n) is 3.42. The van der Waals surface area contributed by atoms with Crippen molar-refractivity contribution < 1.29 is 28.6 Å². The number of rotatable bonds is 8. The SMILES string of the molecule is COC(=O)[C@H](Cc1ccc(OCc2c(Cl)cccc2Cl)cn1)NC(=O)[C@@H]1CSCN1C(=O)OC(C)(C)C. The van der Waals surface area contributed by atoms with Crippen molar-refractivity contribution in [2.75, 3.05) is 18.7 Å². The number of carbonyl (C=O) groups excluding carboxylic acids is 3. The number of hydrogen-bond acceptors (Lipinski definition) is 8. The Balaban J connectivity index is 1.63. The summed E-state index contributed by atoms with van der Waals surface area (Å²) in [5.41, 5.74) is 0.499. The Morgan fingerprint density at radius 2 is 1.89 bits per heavy atom. The van der Waals surface area contributed by atoms with E-state index in [4.69, 9.17) is 37.4 Å². The minimum Gasteiger partial charge on any atom is -0.487 e. The molecular weight excluding hydrogens is 541 g/mol. The van der Waals surface area contributed by atoms with E-state index in [0.717, 1.165) is 0 Å². The summed E-state index contributed by atoms with van der Waals surface area (Å²) in [4.78, 5) is 43.7. The average Bonchev–Trinajstić information content (AvgIpc) is 3.33. The lowest BCUT2D eigenvalue weighted by atomic mass is 10.1. The number of nitrogens with one attached hydrogen (secondary N) is 1. The average molecular weight is 570 g/mol. The molecule has 1 saturated heterocycles. The van der Waals surface area contributed by atoms with Gasteiger partial charge in [-0.2, -0.15) is 0 Å². The maximum atomic E-state index is 13.0. The summed E-state index contributed by atoms with van der Waals surface area (Å²) in [5, 5.41) is 3.70. The topological polar surface area (TPSA) is 107 Å². The molecule has 0 aliphatic carbocycles. The number of benzene rings is 1. The molecule has 9 nitrogen and oxygen atoms in total. The molecule has 1 N–H and O–H groups in total. The Labute approximate surface area is 230 Å². The summed E-state index contributed by atoms with van der Waals surface area (Å²) < 4.78 is 16.0. The van der Waals surface area contributed by atoms with E-state index in [2.05, 4.69) is 10.3 Å². The minimum atomic E-state index is -0.996. The molecule has 2 atom stereocenters. The van der Waals surface area contributed by atoms with Crippen LogP contribution in [0.3, 0.4) is 0 Å². The highest BCUT2D eigenvalue weighted by Gasteiger charge is 2.38. The van der Waals surface area contributed by atoms with Gasteiger partial charge in [-0.05, 0) is 45.0 Å². The number of aromatic nitrogens is 1. The first-order valence-electron chi connectivity index (χ1n) is 11.4. The van der Waals surface area contributed by atoms with Crippen LogP contribution in [0, 0.1) is 0 Å². The number of pyridine rings is 1. The van der Waals surface area contributed by atoms with Crippen LogP contribution in [0.2, 0.25) is 10.0 Å². The molecule has 2 aromatic rings. The van der Waals surface area contributed by atoms with Gasteiger partial charge >= 0.3 is 12.1 Å². The van der Waals surface area contributed by atoms with Crippen LogP contribution in [-0.4, -0.2) is 64.3 Å². The number of thioether (sulfide) groups is 1. The Morgan fingerprint density at radius 3 is 2.49 bits per heavy atom. The molecule has 0 spiro atoms. The first kappa shape index (κ1) is 28.9. The fourth-order valence-corrected chi connectivity index (χ4v) is 5.06. The van der Waals surface area contributed by atoms with Crippen molar-refractivity contribution in [1.82, 2.24) is 15.2 Å². The molecule has 0 unspecified atom stereocenters. The molecule has 1 fully saturated rings. The summed E-state index contributed by atoms with van der Waals surface area (Å²) in [7, 11) is 1.24. The monoisotopic (exact) mass is 569 g/mol. The van der Waals surface area contributed by atoms with Crippen LogP contribution < -0.4 is 10.1 Å². The third-order valence-electron chi connectivity index (χ3n) is 5.27. The van der Waals surface area contributed by atoms with Gasteiger partial charge in [-0.3, -0.25) is 14.7 Å². The van der Waals surface area contributed by atoms with Crippen LogP contribution in [0.25, 0.3) is 0 Å². The molecule has 2 amide bonds. The van der Waals surface area contributed by atoms with Crippen LogP contribution in [-0.2, 0) is 32.1 Å². The molecule has 0 saturated carbocycles. The van der Waals surface area contributed by atoms with Crippen LogP contribution in [0.1, 0.15) is 32.0 Å². The molecule has 1 aliphatic heterocycles. The number of methoxy groups -OCH3 is 1. The summed E-state index contributed by atoms with van der Waals surface area (Å²) in [6.45, 7) is 5.43. The van der Waals surface area contributed by atoms with Crippen LogP contribution in [0.4, 0.5) is 4.79 Å². The second kappa shape index (κ2) is 12.7. The molecule has 1 aromatic carbocycles. The molecule has 37 heavy (non-hydrogen) atoms. The Bertz CT molecular complexity index is 1110. The van der Waals surface area contributed by atoms with E-state index in [1.807, 2.05) is 0 Å². The number of amides is 2. The maximum Gasteiger partial charge on any atom is 0.411 e. The standard InChI is InChI=1S/C25H29Cl2N3O6S/c1-25(2,3)36-24(33)30-14-37-13-21(30)22(31)29-20(23(32)34-4)10-15-8-9-16(11-28-15)35-12-17-18(26)6-5-7-19(17)27/h5-9,11,20-21H,10,12-14H2,1-4H3,(H,29,31)/t20-,21-/m0/s1. The second-order valence-corrected chi connectivity index (χ2v) is 11.0. The van der Waals surface area contributed by atoms with Gasteiger partial charge in [-0.15, -0.1) is 11.8 Å². The Kier molecular flexibility index (Phi) is 9.92. The summed E-state index contributed by atoms with van der Waals surface area (Å²) >= 11 is 13.8. The molecule has 1 aliphatic rings. The summed E-state index contributed by atoms with van der Waals surface area (Å²) in [5.74, 6) is 0.0901. The van der Waals surface area contributed by atoms with Gasteiger partial charge in [-0.25, -0.2) is 9.59 Å². The van der Waals surface area contributed by atoms with E-state index in [0.29, 0.717) is 38.7 Å². The van der Waals surface area contributed by atoms with Crippen molar-refractivity contribution >= 4 is 52.9 Å². The zero-order valence-corrected chi connectivity index (χ0v) is 23.3. The fraction of sp³-hybridized carbons (Fsp3) is 0.440. The smallest absolute Gasteiger partial charge is 0.411 e. The highest BCUT2D eigenvalue weighted by molar-refractivity contribution is 7.99. The van der Waals surface area contributed by atoms with Gasteiger partial charge in [0, 0.05) is 33.5 Å². The Morgan fingerprint density at radius 1 is 1.19 bits per heavy atom. The van der Waals surface area contributed by atoms with Crippen LogP contribution in [0.15, 0.2) is 36.5 Å². The third-order valence-corrected chi connectivity index (χ3v) is 6.99. The number of ether oxygens (including phenoxy) is 3. The van der Waals surface area contributed by atoms with Crippen molar-refractivity contribution in [3.63, 3.8) is 0 Å². The summed E-state index contributed by atoms with van der Waals surface area (Å²) in [6.07, 6.45) is 1.01. The first-order chi connectivity index (χ1) is 17.5. The van der Waals surface area contributed by atoms with Crippen molar-refractivity contribution in [3.05, 3.63) is 57.8 Å². The van der Waals surface area contributed by atoms with Crippen molar-refractivity contribution in [1.29, 1.82) is 0 Å². The Hall–Kier alpha value is -2.69. The van der Waals surface area contributed by atoms with E-state index in [1.54, 1.807) is 51.1 Å². The number of carbonyl (C=O) groups is 3. The first-order valence-corrected chi connectivity index (χ1v) is 13.4. The zero-order chi connectivity index (χ0) is 27.2. The van der Waals surface area contributed by atoms with E-state index in [9.17, 15) is 14.4 Å². The maximum absolute atomic E-state index is 13.0. The molecule has 1 aromatic heterocycles. The molecule has 200 valence electrons. The number of halogens is 2. The molecule has 0 radical (unpaired) electrons. The van der Waals surface area contributed by atoms with Crippen molar-refractivity contribution in [2.45, 2.75) is 51.5 Å². The molecular formula is C25H29Cl2N3O6S. The predicted molar refractivity (Wildman–Crippen MR) is 142 cm³/mol. The van der Waals surface area contributed by atoms with Gasteiger partial charge < -0.3 is 19.5 Å². The zero-order valence-electron chi connectivity index (χ0n) is 21.0. The van der Waals surface area contributed by atoms with Crippen molar-refractivity contribution in [2.24, 2.45) is 0 Å². The molecule has 3 rings (SSSR count). The summed E-state index contributed by atoms with van der Waals surface area (Å²) in [6, 6.07) is 6.82. The number of nitrogens with zero attached hydrogens (tertiary/aromatic N) is 2. The third kappa shape index (κ3) is 8.15. The van der Waals surface area contributed by atoms with E-state index in [1.165, 1.54) is 30.0 Å². The van der Waals surface area contributed by atoms with Gasteiger partial charge in [0.1, 0.15) is 30.0 Å². The quantitative estimate of drug-likeness (QED) is 0.464. The van der Waals surface area contributed by atoms with E-state index < -0.39 is 35.7 Å². The van der Waals surface area contributed by atoms with E-state index >= 15 is 0 Å². The van der Waals surface area contributed by atoms with Gasteiger partial charge in [0.25, 0.3) is 0 Å². The van der Waals surface area contributed by atoms with Crippen LogP contribution >= 0.6 is 35.0 Å². The van der Waals surface area contributed by atoms with Gasteiger partial charge in [0.15, 0.2) is 0 Å². The lowest BCUT2D eigenvalue weighted by molar-refractivity contribution is -0.145. The lowest BCUT2D eigenvalue weighted by Crippen LogP contribution is -2.53. The number of esters is 1. The normalized spacial score (nSPS) is 16.2. The van der Waals surface area contributed by atoms with Crippen LogP contribution in [0.5, 0.6) is 5.75 Å². The van der Waals surface area contributed by atoms with E-state index in [-0.39, 0.29) is 13.0 Å². The minimum absolute atomic E-state index is 0.0847. The van der Waals surface area contributed by atoms with Gasteiger partial charge in [0.05, 0.1) is 19.2 Å². The predicted octanol–water partition coefficient (Wildman–Crippen LogP) is 4.48. The molecule has 0 bridgehead atoms. The highest BCUT2D eigenvalue weighted by Crippen LogP contribution is 2.26. The largest absolute Gasteiger partial charge is 0.487 e. The van der Waals surface area contributed by atoms with Gasteiger partial charge in [-0.1, -0.05) is 29.3 Å². The molecule has 2 heterocycles. The lowest BCUT2D eigenvalue weighted by Gasteiger charge is -2.28.